The van der Waals surface area contributed by atoms with Gasteiger partial charge in [0, 0.05) is 37.4 Å². The molecule has 5 nitrogen and oxygen atoms in total. The summed E-state index contributed by atoms with van der Waals surface area (Å²) in [5.41, 5.74) is 1.50. The first-order valence-electron chi connectivity index (χ1n) is 6.54. The first-order valence-corrected chi connectivity index (χ1v) is 6.92. The maximum Gasteiger partial charge on any atom is 0.257 e. The Labute approximate surface area is 134 Å². The molecule has 2 aromatic rings. The summed E-state index contributed by atoms with van der Waals surface area (Å²) in [7, 11) is 0. The van der Waals surface area contributed by atoms with Crippen LogP contribution in [0.1, 0.15) is 10.4 Å². The lowest BCUT2D eigenvalue weighted by molar-refractivity contribution is 0.0736. The molecule has 1 aliphatic rings. The minimum atomic E-state index is 0. The Kier molecular flexibility index (Phi) is 5.22. The van der Waals surface area contributed by atoms with Crippen LogP contribution in [0.5, 0.6) is 0 Å². The molecule has 1 fully saturated rings. The van der Waals surface area contributed by atoms with Crippen molar-refractivity contribution in [2.24, 2.45) is 0 Å². The summed E-state index contributed by atoms with van der Waals surface area (Å²) in [6.07, 6.45) is 3.37. The maximum absolute atomic E-state index is 12.3. The highest BCUT2D eigenvalue weighted by molar-refractivity contribution is 6.30. The van der Waals surface area contributed by atoms with E-state index in [0.29, 0.717) is 10.6 Å². The molecule has 3 rings (SSSR count). The van der Waals surface area contributed by atoms with E-state index >= 15 is 0 Å². The monoisotopic (exact) mass is 326 g/mol. The van der Waals surface area contributed by atoms with Crippen molar-refractivity contribution in [2.45, 2.75) is 0 Å². The molecule has 1 aromatic heterocycles. The second-order valence-electron chi connectivity index (χ2n) is 4.69. The summed E-state index contributed by atoms with van der Waals surface area (Å²) in [5.74, 6) is 0.0340. The largest absolute Gasteiger partial charge is 0.336 e. The van der Waals surface area contributed by atoms with Crippen LogP contribution in [0.15, 0.2) is 36.7 Å². The Bertz CT molecular complexity index is 606. The van der Waals surface area contributed by atoms with Crippen molar-refractivity contribution in [1.29, 1.82) is 0 Å². The number of amides is 1. The van der Waals surface area contributed by atoms with E-state index in [2.05, 4.69) is 10.4 Å². The van der Waals surface area contributed by atoms with E-state index in [1.807, 2.05) is 17.0 Å². The number of nitrogens with zero attached hydrogens (tertiary/aromatic N) is 3. The number of nitrogens with one attached hydrogen (secondary N) is 1. The lowest BCUT2D eigenvalue weighted by atomic mass is 10.2. The molecule has 1 aromatic carbocycles. The molecule has 1 aliphatic heterocycles. The molecule has 112 valence electrons. The van der Waals surface area contributed by atoms with Gasteiger partial charge in [0.2, 0.25) is 0 Å². The Morgan fingerprint density at radius 3 is 2.52 bits per heavy atom. The van der Waals surface area contributed by atoms with Gasteiger partial charge in [0.1, 0.15) is 0 Å². The molecule has 0 unspecified atom stereocenters. The van der Waals surface area contributed by atoms with Crippen molar-refractivity contribution in [1.82, 2.24) is 20.0 Å². The topological polar surface area (TPSA) is 50.2 Å². The third-order valence-corrected chi connectivity index (χ3v) is 3.58. The highest BCUT2D eigenvalue weighted by Gasteiger charge is 2.19. The number of rotatable bonds is 2. The van der Waals surface area contributed by atoms with Crippen molar-refractivity contribution >= 4 is 29.9 Å². The second-order valence-corrected chi connectivity index (χ2v) is 5.13. The van der Waals surface area contributed by atoms with Gasteiger partial charge in [0.15, 0.2) is 0 Å². The summed E-state index contributed by atoms with van der Waals surface area (Å²) in [4.78, 5) is 14.2. The summed E-state index contributed by atoms with van der Waals surface area (Å²) in [5, 5.41) is 8.15. The molecule has 0 bridgehead atoms. The molecular weight excluding hydrogens is 311 g/mol. The van der Waals surface area contributed by atoms with Gasteiger partial charge in [-0.25, -0.2) is 4.68 Å². The summed E-state index contributed by atoms with van der Waals surface area (Å²) in [6.45, 7) is 3.17. The number of aromatic nitrogens is 2. The fourth-order valence-electron chi connectivity index (χ4n) is 2.22. The number of hydrogen-bond donors (Lipinski definition) is 1. The zero-order chi connectivity index (χ0) is 13.9. The average molecular weight is 327 g/mol. The summed E-state index contributed by atoms with van der Waals surface area (Å²) >= 11 is 5.86. The fraction of sp³-hybridized carbons (Fsp3) is 0.286. The van der Waals surface area contributed by atoms with Gasteiger partial charge in [0.25, 0.3) is 5.91 Å². The molecule has 0 radical (unpaired) electrons. The number of benzene rings is 1. The van der Waals surface area contributed by atoms with Gasteiger partial charge < -0.3 is 10.2 Å². The third-order valence-electron chi connectivity index (χ3n) is 3.32. The lowest BCUT2D eigenvalue weighted by Gasteiger charge is -2.26. The molecule has 1 saturated heterocycles. The van der Waals surface area contributed by atoms with Crippen LogP contribution in [0.2, 0.25) is 5.02 Å². The SMILES string of the molecule is Cl.O=C(c1cnn(-c2ccc(Cl)cc2)c1)N1CCNCC1. The predicted octanol–water partition coefficient (Wildman–Crippen LogP) is 1.99. The molecule has 7 heteroatoms. The quantitative estimate of drug-likeness (QED) is 0.918. The van der Waals surface area contributed by atoms with E-state index in [1.165, 1.54) is 0 Å². The number of piperazine rings is 1. The van der Waals surface area contributed by atoms with Gasteiger partial charge in [-0.3, -0.25) is 4.79 Å². The van der Waals surface area contributed by atoms with Crippen molar-refractivity contribution in [3.05, 3.63) is 47.2 Å². The fourth-order valence-corrected chi connectivity index (χ4v) is 2.34. The van der Waals surface area contributed by atoms with Gasteiger partial charge in [-0.05, 0) is 24.3 Å². The van der Waals surface area contributed by atoms with Crippen molar-refractivity contribution < 1.29 is 4.79 Å². The molecule has 0 atom stereocenters. The van der Waals surface area contributed by atoms with Crippen LogP contribution < -0.4 is 5.32 Å². The van der Waals surface area contributed by atoms with E-state index in [9.17, 15) is 4.79 Å². The van der Waals surface area contributed by atoms with Crippen molar-refractivity contribution in [2.75, 3.05) is 26.2 Å². The highest BCUT2D eigenvalue weighted by Crippen LogP contribution is 2.14. The van der Waals surface area contributed by atoms with Gasteiger partial charge in [0.05, 0.1) is 17.4 Å². The number of hydrogen-bond acceptors (Lipinski definition) is 3. The van der Waals surface area contributed by atoms with Crippen LogP contribution in [0.4, 0.5) is 0 Å². The van der Waals surface area contributed by atoms with Gasteiger partial charge >= 0.3 is 0 Å². The molecule has 21 heavy (non-hydrogen) atoms. The number of halogens is 2. The van der Waals surface area contributed by atoms with Crippen LogP contribution in [0.3, 0.4) is 0 Å². The highest BCUT2D eigenvalue weighted by atomic mass is 35.5. The Balaban J connectivity index is 0.00000161. The minimum Gasteiger partial charge on any atom is -0.336 e. The smallest absolute Gasteiger partial charge is 0.257 e. The van der Waals surface area contributed by atoms with Crippen LogP contribution in [0, 0.1) is 0 Å². The Morgan fingerprint density at radius 2 is 1.86 bits per heavy atom. The van der Waals surface area contributed by atoms with Crippen LogP contribution in [0.25, 0.3) is 5.69 Å². The maximum atomic E-state index is 12.3. The lowest BCUT2D eigenvalue weighted by Crippen LogP contribution is -2.46. The number of carbonyl (C=O) groups is 1. The summed E-state index contributed by atoms with van der Waals surface area (Å²) in [6, 6.07) is 7.34. The normalized spacial score (nSPS) is 14.6. The Hall–Kier alpha value is -1.56. The van der Waals surface area contributed by atoms with Gasteiger partial charge in [-0.1, -0.05) is 11.6 Å². The summed E-state index contributed by atoms with van der Waals surface area (Å²) < 4.78 is 1.69. The third kappa shape index (κ3) is 3.56. The van der Waals surface area contributed by atoms with E-state index < -0.39 is 0 Å². The molecule has 0 aliphatic carbocycles. The van der Waals surface area contributed by atoms with Crippen LogP contribution in [-0.2, 0) is 0 Å². The van der Waals surface area contributed by atoms with E-state index in [4.69, 9.17) is 11.6 Å². The zero-order valence-corrected chi connectivity index (χ0v) is 12.9. The van der Waals surface area contributed by atoms with Gasteiger partial charge in [-0.2, -0.15) is 5.10 Å². The van der Waals surface area contributed by atoms with Gasteiger partial charge in [-0.15, -0.1) is 12.4 Å². The molecule has 1 amide bonds. The molecule has 0 spiro atoms. The standard InChI is InChI=1S/C14H15ClN4O.ClH/c15-12-1-3-13(4-2-12)19-10-11(9-17-19)14(20)18-7-5-16-6-8-18;/h1-4,9-10,16H,5-8H2;1H. The predicted molar refractivity (Wildman–Crippen MR) is 84.6 cm³/mol. The first kappa shape index (κ1) is 15.8. The number of carbonyl (C=O) groups excluding carboxylic acids is 1. The molecule has 2 heterocycles. The zero-order valence-electron chi connectivity index (χ0n) is 11.3. The molecular formula is C14H16Cl2N4O. The van der Waals surface area contributed by atoms with E-state index in [1.54, 1.807) is 29.2 Å². The van der Waals surface area contributed by atoms with Crippen LogP contribution >= 0.6 is 24.0 Å². The minimum absolute atomic E-state index is 0. The van der Waals surface area contributed by atoms with E-state index in [-0.39, 0.29) is 18.3 Å². The average Bonchev–Trinajstić information content (AvgIpc) is 2.98. The first-order chi connectivity index (χ1) is 9.74. The second kappa shape index (κ2) is 6.93. The molecule has 1 N–H and O–H groups in total. The van der Waals surface area contributed by atoms with Crippen LogP contribution in [-0.4, -0.2) is 46.8 Å². The van der Waals surface area contributed by atoms with Crippen molar-refractivity contribution in [3.8, 4) is 5.69 Å². The Morgan fingerprint density at radius 1 is 1.19 bits per heavy atom. The molecule has 0 saturated carbocycles. The van der Waals surface area contributed by atoms with E-state index in [0.717, 1.165) is 31.9 Å². The van der Waals surface area contributed by atoms with Crippen molar-refractivity contribution in [3.63, 3.8) is 0 Å².